The Labute approximate surface area is 130 Å². The number of aromatic nitrogens is 2. The van der Waals surface area contributed by atoms with Gasteiger partial charge in [0.15, 0.2) is 5.84 Å². The number of hydrogen-bond acceptors (Lipinski definition) is 7. The molecule has 0 spiro atoms. The molecule has 0 bridgehead atoms. The van der Waals surface area contributed by atoms with E-state index in [1.54, 1.807) is 6.92 Å². The smallest absolute Gasteiger partial charge is 0.358 e. The van der Waals surface area contributed by atoms with Crippen molar-refractivity contribution in [2.75, 3.05) is 0 Å². The number of rotatable bonds is 4. The highest BCUT2D eigenvalue weighted by Gasteiger charge is 2.19. The van der Waals surface area contributed by atoms with Gasteiger partial charge in [-0.25, -0.2) is 4.39 Å². The Kier molecular flexibility index (Phi) is 4.42. The van der Waals surface area contributed by atoms with Gasteiger partial charge in [-0.1, -0.05) is 4.49 Å². The lowest BCUT2D eigenvalue weighted by atomic mass is 10.1. The Morgan fingerprint density at radius 2 is 1.91 bits per heavy atom. The average Bonchev–Trinajstić information content (AvgIpc) is 2.88. The van der Waals surface area contributed by atoms with Crippen LogP contribution in [0.4, 0.5) is 4.39 Å². The highest BCUT2D eigenvalue weighted by molar-refractivity contribution is 7.86. The van der Waals surface area contributed by atoms with E-state index in [1.807, 2.05) is 0 Å². The maximum atomic E-state index is 13.5. The number of nitrogens with two attached hydrogens (primary N) is 1. The largest absolute Gasteiger partial charge is 0.380 e. The van der Waals surface area contributed by atoms with Crippen LogP contribution in [0.3, 0.4) is 0 Å². The standard InChI is InChI=1S/C12H13FN4O3S2/c1-6-4-9(5-7(2)10(6)13)22(18,19)20-16-12(14)11-8(3)15-17-21-11/h4-5H,1-3H3,(H2,14,16). The second kappa shape index (κ2) is 5.97. The summed E-state index contributed by atoms with van der Waals surface area (Å²) < 4.78 is 45.9. The first-order valence-electron chi connectivity index (χ1n) is 6.05. The molecule has 0 atom stereocenters. The van der Waals surface area contributed by atoms with Gasteiger partial charge in [0.25, 0.3) is 0 Å². The fraction of sp³-hybridized carbons (Fsp3) is 0.250. The van der Waals surface area contributed by atoms with E-state index < -0.39 is 15.9 Å². The number of amidine groups is 1. The molecule has 2 rings (SSSR count). The van der Waals surface area contributed by atoms with E-state index in [0.29, 0.717) is 10.6 Å². The fourth-order valence-electron chi connectivity index (χ4n) is 1.69. The van der Waals surface area contributed by atoms with Crippen molar-refractivity contribution in [3.8, 4) is 0 Å². The molecule has 10 heteroatoms. The van der Waals surface area contributed by atoms with Gasteiger partial charge in [-0.05, 0) is 60.7 Å². The second-order valence-electron chi connectivity index (χ2n) is 4.56. The number of halogens is 1. The van der Waals surface area contributed by atoms with E-state index in [0.717, 1.165) is 11.5 Å². The number of oxime groups is 1. The zero-order valence-corrected chi connectivity index (χ0v) is 13.6. The molecule has 0 unspecified atom stereocenters. The molecule has 0 amide bonds. The van der Waals surface area contributed by atoms with Crippen LogP contribution < -0.4 is 5.73 Å². The molecule has 1 aromatic heterocycles. The molecular weight excluding hydrogens is 331 g/mol. The summed E-state index contributed by atoms with van der Waals surface area (Å²) >= 11 is 0.970. The zero-order valence-electron chi connectivity index (χ0n) is 12.0. The van der Waals surface area contributed by atoms with Crippen molar-refractivity contribution in [2.45, 2.75) is 25.7 Å². The predicted molar refractivity (Wildman–Crippen MR) is 79.5 cm³/mol. The lowest BCUT2D eigenvalue weighted by Crippen LogP contribution is -2.15. The zero-order chi connectivity index (χ0) is 16.5. The molecule has 0 aliphatic rings. The van der Waals surface area contributed by atoms with Crippen molar-refractivity contribution >= 4 is 27.5 Å². The monoisotopic (exact) mass is 344 g/mol. The van der Waals surface area contributed by atoms with Crippen LogP contribution >= 0.6 is 11.5 Å². The van der Waals surface area contributed by atoms with Gasteiger partial charge < -0.3 is 5.73 Å². The van der Waals surface area contributed by atoms with Crippen LogP contribution in [0.2, 0.25) is 0 Å². The van der Waals surface area contributed by atoms with Crippen molar-refractivity contribution in [3.05, 3.63) is 39.6 Å². The highest BCUT2D eigenvalue weighted by atomic mass is 32.2. The fourth-order valence-corrected chi connectivity index (χ4v) is 3.15. The van der Waals surface area contributed by atoms with E-state index in [9.17, 15) is 12.8 Å². The maximum absolute atomic E-state index is 13.5. The molecule has 2 N–H and O–H groups in total. The topological polar surface area (TPSA) is 108 Å². The van der Waals surface area contributed by atoms with Crippen LogP contribution in [-0.4, -0.2) is 23.8 Å². The van der Waals surface area contributed by atoms with E-state index >= 15 is 0 Å². The molecular formula is C12H13FN4O3S2. The molecule has 118 valence electrons. The van der Waals surface area contributed by atoms with Gasteiger partial charge in [-0.3, -0.25) is 4.28 Å². The molecule has 2 aromatic rings. The van der Waals surface area contributed by atoms with Gasteiger partial charge >= 0.3 is 10.1 Å². The van der Waals surface area contributed by atoms with Gasteiger partial charge in [0.05, 0.1) is 5.69 Å². The molecule has 22 heavy (non-hydrogen) atoms. The summed E-state index contributed by atoms with van der Waals surface area (Å²) in [5.74, 6) is -0.611. The van der Waals surface area contributed by atoms with Crippen molar-refractivity contribution in [3.63, 3.8) is 0 Å². The van der Waals surface area contributed by atoms with Crippen LogP contribution in [0, 0.1) is 26.6 Å². The molecule has 0 saturated heterocycles. The first-order chi connectivity index (χ1) is 10.2. The van der Waals surface area contributed by atoms with Crippen molar-refractivity contribution in [1.82, 2.24) is 9.59 Å². The summed E-state index contributed by atoms with van der Waals surface area (Å²) in [4.78, 5) is 0.223. The lowest BCUT2D eigenvalue weighted by molar-refractivity contribution is 0.338. The first-order valence-corrected chi connectivity index (χ1v) is 8.23. The second-order valence-corrected chi connectivity index (χ2v) is 6.85. The number of hydrogen-bond donors (Lipinski definition) is 1. The van der Waals surface area contributed by atoms with Crippen molar-refractivity contribution in [2.24, 2.45) is 10.9 Å². The molecule has 1 aromatic carbocycles. The van der Waals surface area contributed by atoms with Crippen molar-refractivity contribution in [1.29, 1.82) is 0 Å². The van der Waals surface area contributed by atoms with Gasteiger partial charge in [0, 0.05) is 0 Å². The molecule has 1 heterocycles. The predicted octanol–water partition coefficient (Wildman–Crippen LogP) is 1.63. The molecule has 0 radical (unpaired) electrons. The third kappa shape index (κ3) is 3.22. The SMILES string of the molecule is Cc1cc(S(=O)(=O)O/N=C(/N)c2snnc2C)cc(C)c1F. The minimum absolute atomic E-state index is 0.147. The van der Waals surface area contributed by atoms with Gasteiger partial charge in [-0.2, -0.15) is 8.42 Å². The Hall–Kier alpha value is -2.07. The van der Waals surface area contributed by atoms with E-state index in [1.165, 1.54) is 26.0 Å². The summed E-state index contributed by atoms with van der Waals surface area (Å²) in [7, 11) is -4.19. The Morgan fingerprint density at radius 3 is 2.41 bits per heavy atom. The van der Waals surface area contributed by atoms with Crippen LogP contribution in [0.25, 0.3) is 0 Å². The van der Waals surface area contributed by atoms with Crippen LogP contribution in [-0.2, 0) is 14.4 Å². The molecule has 0 aliphatic heterocycles. The first kappa shape index (κ1) is 16.3. The normalized spacial score (nSPS) is 12.5. The van der Waals surface area contributed by atoms with Crippen LogP contribution in [0.15, 0.2) is 22.2 Å². The molecule has 7 nitrogen and oxygen atoms in total. The van der Waals surface area contributed by atoms with E-state index in [4.69, 9.17) is 5.73 Å². The number of nitrogens with zero attached hydrogens (tertiary/aromatic N) is 3. The quantitative estimate of drug-likeness (QED) is 0.513. The van der Waals surface area contributed by atoms with Gasteiger partial charge in [-0.15, -0.1) is 5.10 Å². The lowest BCUT2D eigenvalue weighted by Gasteiger charge is -2.06. The summed E-state index contributed by atoms with van der Waals surface area (Å²) in [6.07, 6.45) is 0. The Morgan fingerprint density at radius 1 is 1.32 bits per heavy atom. The Bertz CT molecular complexity index is 823. The minimum atomic E-state index is -4.19. The van der Waals surface area contributed by atoms with Crippen LogP contribution in [0.5, 0.6) is 0 Å². The summed E-state index contributed by atoms with van der Waals surface area (Å²) in [6, 6.07) is 2.34. The highest BCUT2D eigenvalue weighted by Crippen LogP contribution is 2.20. The average molecular weight is 344 g/mol. The third-order valence-electron chi connectivity index (χ3n) is 2.82. The minimum Gasteiger partial charge on any atom is -0.380 e. The number of benzene rings is 1. The summed E-state index contributed by atoms with van der Waals surface area (Å²) in [5, 5.41) is 7.13. The Balaban J connectivity index is 2.31. The van der Waals surface area contributed by atoms with Crippen LogP contribution in [0.1, 0.15) is 21.7 Å². The van der Waals surface area contributed by atoms with E-state index in [2.05, 4.69) is 19.0 Å². The number of aryl methyl sites for hydroxylation is 3. The molecule has 0 fully saturated rings. The van der Waals surface area contributed by atoms with E-state index in [-0.39, 0.29) is 21.9 Å². The summed E-state index contributed by atoms with van der Waals surface area (Å²) in [5.41, 5.74) is 6.55. The van der Waals surface area contributed by atoms with Gasteiger partial charge in [0.1, 0.15) is 15.6 Å². The summed E-state index contributed by atoms with van der Waals surface area (Å²) in [6.45, 7) is 4.58. The molecule has 0 saturated carbocycles. The maximum Gasteiger partial charge on any atom is 0.358 e. The third-order valence-corrected chi connectivity index (χ3v) is 4.75. The van der Waals surface area contributed by atoms with Gasteiger partial charge in [0.2, 0.25) is 0 Å². The molecule has 0 aliphatic carbocycles. The van der Waals surface area contributed by atoms with Crippen molar-refractivity contribution < 1.29 is 17.1 Å².